The van der Waals surface area contributed by atoms with Gasteiger partial charge in [0.1, 0.15) is 0 Å². The molecular formula is C16H23NO5. The Morgan fingerprint density at radius 2 is 2.00 bits per heavy atom. The maximum atomic E-state index is 12.0. The molecule has 122 valence electrons. The van der Waals surface area contributed by atoms with Gasteiger partial charge in [0.05, 0.1) is 19.3 Å². The fourth-order valence-corrected chi connectivity index (χ4v) is 2.20. The van der Waals surface area contributed by atoms with E-state index >= 15 is 0 Å². The topological polar surface area (TPSA) is 66.0 Å². The third-order valence-corrected chi connectivity index (χ3v) is 3.34. The maximum absolute atomic E-state index is 12.0. The number of hydrogen-bond donors (Lipinski definition) is 1. The van der Waals surface area contributed by atoms with E-state index in [1.165, 1.54) is 0 Å². The van der Waals surface area contributed by atoms with Crippen molar-refractivity contribution in [3.63, 3.8) is 0 Å². The van der Waals surface area contributed by atoms with Crippen LogP contribution < -0.4 is 5.32 Å². The van der Waals surface area contributed by atoms with Crippen LogP contribution in [0.2, 0.25) is 0 Å². The van der Waals surface area contributed by atoms with Gasteiger partial charge in [-0.2, -0.15) is 0 Å². The summed E-state index contributed by atoms with van der Waals surface area (Å²) in [6.07, 6.45) is -0.212. The van der Waals surface area contributed by atoms with Gasteiger partial charge in [0.15, 0.2) is 12.6 Å². The highest BCUT2D eigenvalue weighted by molar-refractivity contribution is 5.94. The van der Waals surface area contributed by atoms with Crippen molar-refractivity contribution in [2.45, 2.75) is 32.0 Å². The first-order valence-corrected chi connectivity index (χ1v) is 7.46. The van der Waals surface area contributed by atoms with Crippen molar-refractivity contribution in [1.82, 2.24) is 5.32 Å². The largest absolute Gasteiger partial charge is 0.356 e. The zero-order chi connectivity index (χ0) is 15.8. The first-order valence-electron chi connectivity index (χ1n) is 7.46. The minimum absolute atomic E-state index is 0.125. The summed E-state index contributed by atoms with van der Waals surface area (Å²) in [5.41, 5.74) is 0.625. The van der Waals surface area contributed by atoms with E-state index in [2.05, 4.69) is 5.32 Å². The molecule has 1 aliphatic rings. The van der Waals surface area contributed by atoms with Gasteiger partial charge in [-0.25, -0.2) is 0 Å². The van der Waals surface area contributed by atoms with Gasteiger partial charge in [-0.1, -0.05) is 18.2 Å². The lowest BCUT2D eigenvalue weighted by Gasteiger charge is -2.31. The molecule has 6 nitrogen and oxygen atoms in total. The molecular weight excluding hydrogens is 286 g/mol. The number of benzene rings is 1. The van der Waals surface area contributed by atoms with Gasteiger partial charge in [-0.3, -0.25) is 4.79 Å². The predicted molar refractivity (Wildman–Crippen MR) is 80.4 cm³/mol. The number of methoxy groups -OCH3 is 1. The van der Waals surface area contributed by atoms with E-state index in [4.69, 9.17) is 18.9 Å². The van der Waals surface area contributed by atoms with Crippen LogP contribution in [0.3, 0.4) is 0 Å². The van der Waals surface area contributed by atoms with Gasteiger partial charge in [0, 0.05) is 25.7 Å². The van der Waals surface area contributed by atoms with E-state index in [9.17, 15) is 4.79 Å². The molecule has 0 spiro atoms. The summed E-state index contributed by atoms with van der Waals surface area (Å²) in [6.45, 7) is 3.29. The summed E-state index contributed by atoms with van der Waals surface area (Å²) >= 11 is 0. The van der Waals surface area contributed by atoms with Crippen LogP contribution in [0.15, 0.2) is 30.3 Å². The molecule has 1 atom stereocenters. The second kappa shape index (κ2) is 8.85. The van der Waals surface area contributed by atoms with Gasteiger partial charge < -0.3 is 24.3 Å². The molecule has 0 saturated carbocycles. The van der Waals surface area contributed by atoms with Crippen LogP contribution in [0.5, 0.6) is 0 Å². The molecule has 1 amide bonds. The summed E-state index contributed by atoms with van der Waals surface area (Å²) in [7, 11) is 1.59. The molecule has 0 bridgehead atoms. The minimum atomic E-state index is -0.374. The summed E-state index contributed by atoms with van der Waals surface area (Å²) < 4.78 is 21.8. The highest BCUT2D eigenvalue weighted by atomic mass is 16.7. The zero-order valence-electron chi connectivity index (χ0n) is 13.0. The number of carbonyl (C=O) groups excluding carboxylic acids is 1. The van der Waals surface area contributed by atoms with Crippen molar-refractivity contribution >= 4 is 5.91 Å². The number of ether oxygens (including phenoxy) is 4. The third kappa shape index (κ3) is 5.06. The van der Waals surface area contributed by atoms with Crippen LogP contribution in [0.25, 0.3) is 0 Å². The van der Waals surface area contributed by atoms with Crippen LogP contribution in [0.1, 0.15) is 23.7 Å². The summed E-state index contributed by atoms with van der Waals surface area (Å²) in [5.74, 6) is -0.125. The van der Waals surface area contributed by atoms with E-state index in [0.717, 1.165) is 0 Å². The first-order chi connectivity index (χ1) is 10.7. The molecule has 0 aromatic heterocycles. The van der Waals surface area contributed by atoms with Gasteiger partial charge in [0.2, 0.25) is 0 Å². The monoisotopic (exact) mass is 309 g/mol. The lowest BCUT2D eigenvalue weighted by Crippen LogP contribution is -2.47. The second-order valence-electron chi connectivity index (χ2n) is 4.99. The lowest BCUT2D eigenvalue weighted by atomic mass is 10.2. The number of hydrogen-bond acceptors (Lipinski definition) is 5. The van der Waals surface area contributed by atoms with E-state index in [1.54, 1.807) is 19.2 Å². The minimum Gasteiger partial charge on any atom is -0.356 e. The maximum Gasteiger partial charge on any atom is 0.251 e. The number of carbonyl (C=O) groups is 1. The molecule has 2 rings (SSSR count). The van der Waals surface area contributed by atoms with Crippen LogP contribution >= 0.6 is 0 Å². The molecule has 22 heavy (non-hydrogen) atoms. The molecule has 1 N–H and O–H groups in total. The number of rotatable bonds is 7. The van der Waals surface area contributed by atoms with Gasteiger partial charge in [-0.15, -0.1) is 0 Å². The van der Waals surface area contributed by atoms with E-state index < -0.39 is 0 Å². The number of nitrogens with one attached hydrogen (secondary N) is 1. The Hall–Kier alpha value is -1.47. The average Bonchev–Trinajstić information content (AvgIpc) is 2.57. The van der Waals surface area contributed by atoms with E-state index in [0.29, 0.717) is 31.8 Å². The van der Waals surface area contributed by atoms with Crippen molar-refractivity contribution in [3.05, 3.63) is 35.9 Å². The van der Waals surface area contributed by atoms with Gasteiger partial charge >= 0.3 is 0 Å². The van der Waals surface area contributed by atoms with Crippen LogP contribution in [0, 0.1) is 0 Å². The Morgan fingerprint density at radius 1 is 1.32 bits per heavy atom. The zero-order valence-corrected chi connectivity index (χ0v) is 13.0. The highest BCUT2D eigenvalue weighted by Gasteiger charge is 2.26. The standard InChI is InChI=1S/C16H23NO5/c1-3-20-14(19-2)9-15-21-10-13(11-22-15)17-16(18)12-7-5-4-6-8-12/h4-8,13-15H,3,9-11H2,1-2H3,(H,17,18). The highest BCUT2D eigenvalue weighted by Crippen LogP contribution is 2.14. The molecule has 1 unspecified atom stereocenters. The van der Waals surface area contributed by atoms with Crippen molar-refractivity contribution < 1.29 is 23.7 Å². The van der Waals surface area contributed by atoms with Gasteiger partial charge in [0.25, 0.3) is 5.91 Å². The first kappa shape index (κ1) is 16.9. The summed E-state index contributed by atoms with van der Waals surface area (Å²) in [4.78, 5) is 12.0. The van der Waals surface area contributed by atoms with E-state index in [1.807, 2.05) is 25.1 Å². The Bertz CT molecular complexity index is 445. The molecule has 1 aliphatic heterocycles. The fourth-order valence-electron chi connectivity index (χ4n) is 2.20. The van der Waals surface area contributed by atoms with Crippen molar-refractivity contribution in [1.29, 1.82) is 0 Å². The molecule has 6 heteroatoms. The van der Waals surface area contributed by atoms with Crippen LogP contribution in [-0.4, -0.2) is 51.5 Å². The smallest absolute Gasteiger partial charge is 0.251 e. The Balaban J connectivity index is 1.74. The van der Waals surface area contributed by atoms with Crippen molar-refractivity contribution in [2.75, 3.05) is 26.9 Å². The summed E-state index contributed by atoms with van der Waals surface area (Å²) in [6, 6.07) is 8.92. The molecule has 0 aliphatic carbocycles. The Labute approximate surface area is 130 Å². The average molecular weight is 309 g/mol. The van der Waals surface area contributed by atoms with Crippen LogP contribution in [0.4, 0.5) is 0 Å². The summed E-state index contributed by atoms with van der Waals surface area (Å²) in [5, 5.41) is 2.90. The lowest BCUT2D eigenvalue weighted by molar-refractivity contribution is -0.230. The molecule has 0 radical (unpaired) electrons. The molecule has 1 saturated heterocycles. The third-order valence-electron chi connectivity index (χ3n) is 3.34. The Morgan fingerprint density at radius 3 is 2.59 bits per heavy atom. The van der Waals surface area contributed by atoms with Crippen molar-refractivity contribution in [3.8, 4) is 0 Å². The molecule has 1 fully saturated rings. The van der Waals surface area contributed by atoms with E-state index in [-0.39, 0.29) is 24.5 Å². The normalized spacial score (nSPS) is 23.0. The molecule has 1 heterocycles. The Kier molecular flexibility index (Phi) is 6.79. The molecule has 1 aromatic carbocycles. The SMILES string of the molecule is CCOC(CC1OCC(NC(=O)c2ccccc2)CO1)OC. The second-order valence-corrected chi connectivity index (χ2v) is 4.99. The van der Waals surface area contributed by atoms with Crippen molar-refractivity contribution in [2.24, 2.45) is 0 Å². The number of amides is 1. The van der Waals surface area contributed by atoms with Crippen LogP contribution in [-0.2, 0) is 18.9 Å². The van der Waals surface area contributed by atoms with Gasteiger partial charge in [-0.05, 0) is 19.1 Å². The molecule has 1 aromatic rings. The predicted octanol–water partition coefficient (Wildman–Crippen LogP) is 1.56. The quantitative estimate of drug-likeness (QED) is 0.774. The fraction of sp³-hybridized carbons (Fsp3) is 0.562.